The molecule has 2 saturated heterocycles. The van der Waals surface area contributed by atoms with E-state index in [2.05, 4.69) is 28.2 Å². The smallest absolute Gasteiger partial charge is 0.292 e. The maximum absolute atomic E-state index is 14.3. The molecule has 69 heavy (non-hydrogen) atoms. The van der Waals surface area contributed by atoms with Crippen molar-refractivity contribution in [2.24, 2.45) is 0 Å². The van der Waals surface area contributed by atoms with Gasteiger partial charge in [0.25, 0.3) is 23.6 Å². The summed E-state index contributed by atoms with van der Waals surface area (Å²) in [5.74, 6) is -6.14. The number of nitrogens with one attached hydrogen (secondary N) is 4. The zero-order valence-electron chi connectivity index (χ0n) is 38.6. The number of carbonyl (C=O) groups is 10. The second kappa shape index (κ2) is 18.8. The Bertz CT molecular complexity index is 2870. The van der Waals surface area contributed by atoms with Crippen LogP contribution in [0.5, 0.6) is 0 Å². The molecule has 4 aromatic rings. The predicted octanol–water partition coefficient (Wildman–Crippen LogP) is 4.38. The number of Topliss-reactive ketones (excluding diaryl/α,β-unsaturated/α-hetero) is 2. The molecule has 0 aromatic heterocycles. The van der Waals surface area contributed by atoms with Crippen molar-refractivity contribution in [3.8, 4) is 0 Å². The first kappa shape index (κ1) is 47.8. The van der Waals surface area contributed by atoms with E-state index in [1.54, 1.807) is 54.6 Å². The lowest BCUT2D eigenvalue weighted by Gasteiger charge is -2.29. The number of piperidine rings is 2. The number of rotatable bonds is 11. The van der Waals surface area contributed by atoms with Crippen molar-refractivity contribution in [3.05, 3.63) is 140 Å². The number of amides is 8. The average Bonchev–Trinajstić information content (AvgIpc) is 3.88. The second-order valence-electron chi connectivity index (χ2n) is 19.3. The van der Waals surface area contributed by atoms with Crippen LogP contribution in [0.4, 0.5) is 4.39 Å². The Labute approximate surface area is 396 Å². The first-order valence-electron chi connectivity index (χ1n) is 22.8. The highest BCUT2D eigenvalue weighted by atomic mass is 19.1. The van der Waals surface area contributed by atoms with Gasteiger partial charge in [-0.3, -0.25) is 58.6 Å². The van der Waals surface area contributed by atoms with E-state index in [4.69, 9.17) is 0 Å². The number of fused-ring (bicyclic) bond motifs is 2. The van der Waals surface area contributed by atoms with Crippen molar-refractivity contribution in [1.82, 2.24) is 31.1 Å². The molecule has 4 aliphatic heterocycles. The molecule has 0 radical (unpaired) electrons. The van der Waals surface area contributed by atoms with Crippen LogP contribution in [0.1, 0.15) is 141 Å². The van der Waals surface area contributed by atoms with E-state index < -0.39 is 64.9 Å². The Morgan fingerprint density at radius 3 is 1.62 bits per heavy atom. The largest absolute Gasteiger partial charge is 0.345 e. The molecule has 1 saturated carbocycles. The molecule has 356 valence electrons. The summed E-state index contributed by atoms with van der Waals surface area (Å²) < 4.78 is 14.3. The molecule has 1 aliphatic carbocycles. The van der Waals surface area contributed by atoms with Crippen molar-refractivity contribution in [3.63, 3.8) is 0 Å². The first-order chi connectivity index (χ1) is 32.7. The Kier molecular flexibility index (Phi) is 13.0. The van der Waals surface area contributed by atoms with Gasteiger partial charge in [-0.25, -0.2) is 4.39 Å². The molecule has 9 rings (SSSR count). The zero-order valence-corrected chi connectivity index (χ0v) is 38.6. The van der Waals surface area contributed by atoms with E-state index in [-0.39, 0.29) is 85.6 Å². The summed E-state index contributed by atoms with van der Waals surface area (Å²) >= 11 is 0. The molecule has 3 fully saturated rings. The molecule has 0 spiro atoms. The second-order valence-corrected chi connectivity index (χ2v) is 19.3. The first-order valence-corrected chi connectivity index (χ1v) is 22.8. The van der Waals surface area contributed by atoms with Crippen LogP contribution in [0.15, 0.2) is 78.9 Å². The van der Waals surface area contributed by atoms with Crippen molar-refractivity contribution in [1.29, 1.82) is 0 Å². The van der Waals surface area contributed by atoms with Gasteiger partial charge in [-0.2, -0.15) is 0 Å². The molecular weight excluding hydrogens is 888 g/mol. The van der Waals surface area contributed by atoms with E-state index in [0.717, 1.165) is 24.5 Å². The lowest BCUT2D eigenvalue weighted by Crippen LogP contribution is -2.52. The number of halogens is 1. The zero-order chi connectivity index (χ0) is 49.5. The summed E-state index contributed by atoms with van der Waals surface area (Å²) in [7, 11) is 0. The molecule has 2 unspecified atom stereocenters. The van der Waals surface area contributed by atoms with Crippen LogP contribution >= 0.6 is 0 Å². The van der Waals surface area contributed by atoms with Gasteiger partial charge in [-0.05, 0) is 88.1 Å². The van der Waals surface area contributed by atoms with Crippen LogP contribution in [0.2, 0.25) is 0 Å². The molecular formula is C52H51FN6O10. The molecule has 2 atom stereocenters. The van der Waals surface area contributed by atoms with E-state index in [1.807, 2.05) is 32.9 Å². The monoisotopic (exact) mass is 938 g/mol. The topological polar surface area (TPSA) is 225 Å². The molecule has 4 aromatic carbocycles. The van der Waals surface area contributed by atoms with Crippen LogP contribution in [-0.4, -0.2) is 80.7 Å². The van der Waals surface area contributed by atoms with E-state index in [0.29, 0.717) is 33.4 Å². The fraction of sp³-hybridized carbons (Fsp3) is 0.346. The summed E-state index contributed by atoms with van der Waals surface area (Å²) in [4.78, 5) is 126. The Morgan fingerprint density at radius 1 is 0.652 bits per heavy atom. The SMILES string of the molecule is CC(C)(C)c1ccc(C(=O)C(=O)NCc2cc(F)cc3c2CN(C2CCC(=O)NC2=O)C3=O)cc1.CC1(c2ccc(C(=O)C(=O)NCc3cccc4c3CN(C3CCC(=O)NC3=O)C4=O)cc2)CC1. The standard InChI is InChI=1S/C26H26FN3O5.C26H25N3O5/c1-26(2,3)16-6-4-14(5-7-16)22(32)24(34)28-12-15-10-17(27)11-18-19(15)13-30(25(18)35)20-8-9-21(31)29-23(20)33;1-26(11-12-26)17-7-5-15(6-8-17)22(31)24(33)27-13-16-3-2-4-18-19(16)14-29(25(18)34)20-9-10-21(30)28-23(20)32/h4-7,10-11,20H,8-9,12-13H2,1-3H3,(H,28,34)(H,29,31,33);2-8,20H,9-14H2,1H3,(H,27,33)(H,28,30,32). The number of ketones is 2. The van der Waals surface area contributed by atoms with E-state index in [1.165, 1.54) is 21.4 Å². The minimum absolute atomic E-state index is 0.0359. The van der Waals surface area contributed by atoms with Gasteiger partial charge in [0, 0.05) is 61.3 Å². The fourth-order valence-corrected chi connectivity index (χ4v) is 9.07. The van der Waals surface area contributed by atoms with Crippen LogP contribution < -0.4 is 21.3 Å². The number of hydrogen-bond donors (Lipinski definition) is 4. The van der Waals surface area contributed by atoms with Gasteiger partial charge in [-0.1, -0.05) is 88.4 Å². The fourth-order valence-electron chi connectivity index (χ4n) is 9.07. The van der Waals surface area contributed by atoms with Crippen molar-refractivity contribution >= 4 is 58.8 Å². The minimum Gasteiger partial charge on any atom is -0.345 e. The lowest BCUT2D eigenvalue weighted by atomic mass is 9.86. The molecule has 4 N–H and O–H groups in total. The van der Waals surface area contributed by atoms with E-state index in [9.17, 15) is 52.3 Å². The number of benzene rings is 4. The molecule has 5 aliphatic rings. The van der Waals surface area contributed by atoms with Gasteiger partial charge in [0.1, 0.15) is 17.9 Å². The third-order valence-corrected chi connectivity index (χ3v) is 13.5. The summed E-state index contributed by atoms with van der Waals surface area (Å²) in [5.41, 5.74) is 5.67. The molecule has 8 amide bonds. The van der Waals surface area contributed by atoms with Gasteiger partial charge >= 0.3 is 0 Å². The van der Waals surface area contributed by atoms with Crippen LogP contribution in [0.3, 0.4) is 0 Å². The van der Waals surface area contributed by atoms with Gasteiger partial charge in [0.05, 0.1) is 0 Å². The maximum atomic E-state index is 14.3. The summed E-state index contributed by atoms with van der Waals surface area (Å²) in [6.07, 6.45) is 3.01. The summed E-state index contributed by atoms with van der Waals surface area (Å²) in [6.45, 7) is 8.47. The van der Waals surface area contributed by atoms with Gasteiger partial charge in [-0.15, -0.1) is 0 Å². The van der Waals surface area contributed by atoms with Crippen LogP contribution in [0.25, 0.3) is 0 Å². The highest BCUT2D eigenvalue weighted by Gasteiger charge is 2.42. The Morgan fingerprint density at radius 2 is 1.13 bits per heavy atom. The van der Waals surface area contributed by atoms with Crippen molar-refractivity contribution < 1.29 is 52.3 Å². The molecule has 17 heteroatoms. The highest BCUT2D eigenvalue weighted by molar-refractivity contribution is 6.43. The quantitative estimate of drug-likeness (QED) is 0.0944. The molecule has 0 bridgehead atoms. The van der Waals surface area contributed by atoms with Crippen LogP contribution in [-0.2, 0) is 65.8 Å². The van der Waals surface area contributed by atoms with Gasteiger partial charge < -0.3 is 20.4 Å². The highest BCUT2D eigenvalue weighted by Crippen LogP contribution is 2.47. The van der Waals surface area contributed by atoms with Gasteiger partial charge in [0.15, 0.2) is 0 Å². The lowest BCUT2D eigenvalue weighted by molar-refractivity contribution is -0.138. The third-order valence-electron chi connectivity index (χ3n) is 13.5. The molecule has 4 heterocycles. The predicted molar refractivity (Wildman–Crippen MR) is 245 cm³/mol. The van der Waals surface area contributed by atoms with Gasteiger partial charge in [0.2, 0.25) is 35.2 Å². The normalized spacial score (nSPS) is 19.1. The summed E-state index contributed by atoms with van der Waals surface area (Å²) in [5, 5.41) is 9.68. The number of imide groups is 2. The average molecular weight is 939 g/mol. The third kappa shape index (κ3) is 9.98. The van der Waals surface area contributed by atoms with Crippen molar-refractivity contribution in [2.45, 2.75) is 115 Å². The Balaban J connectivity index is 0.000000186. The number of nitrogens with zero attached hydrogens (tertiary/aromatic N) is 2. The number of hydrogen-bond acceptors (Lipinski definition) is 10. The van der Waals surface area contributed by atoms with Crippen LogP contribution in [0, 0.1) is 5.82 Å². The minimum atomic E-state index is -0.849. The van der Waals surface area contributed by atoms with E-state index >= 15 is 0 Å². The molecule has 16 nitrogen and oxygen atoms in total. The van der Waals surface area contributed by atoms with Crippen molar-refractivity contribution in [2.75, 3.05) is 0 Å². The Hall–Kier alpha value is -7.69. The maximum Gasteiger partial charge on any atom is 0.292 e. The number of carbonyl (C=O) groups excluding carboxylic acids is 10. The summed E-state index contributed by atoms with van der Waals surface area (Å²) in [6, 6.07) is 19.9.